The average Bonchev–Trinajstić information content (AvgIpc) is 2.44. The molecule has 2 rings (SSSR count). The number of aromatic amines is 1. The van der Waals surface area contributed by atoms with Crippen LogP contribution in [0.25, 0.3) is 10.9 Å². The van der Waals surface area contributed by atoms with Crippen LogP contribution in [0.5, 0.6) is 0 Å². The van der Waals surface area contributed by atoms with Crippen LogP contribution in [0.2, 0.25) is 0 Å². The van der Waals surface area contributed by atoms with E-state index in [-0.39, 0.29) is 23.7 Å². The molecule has 0 radical (unpaired) electrons. The summed E-state index contributed by atoms with van der Waals surface area (Å²) in [5.41, 5.74) is 0.122. The zero-order valence-corrected chi connectivity index (χ0v) is 11.5. The Morgan fingerprint density at radius 3 is 2.95 bits per heavy atom. The number of aliphatic hydroxyl groups excluding tert-OH is 1. The van der Waals surface area contributed by atoms with E-state index < -0.39 is 10.5 Å². The molecule has 3 N–H and O–H groups in total. The highest BCUT2D eigenvalue weighted by Crippen LogP contribution is 2.28. The van der Waals surface area contributed by atoms with Gasteiger partial charge in [-0.15, -0.1) is 0 Å². The minimum atomic E-state index is -0.535. The molecule has 112 valence electrons. The van der Waals surface area contributed by atoms with E-state index in [1.165, 1.54) is 18.5 Å². The Bertz CT molecular complexity index is 713. The van der Waals surface area contributed by atoms with Gasteiger partial charge in [-0.25, -0.2) is 4.98 Å². The molecule has 8 nitrogen and oxygen atoms in total. The molecule has 0 aliphatic heterocycles. The average molecular weight is 292 g/mol. The van der Waals surface area contributed by atoms with Gasteiger partial charge in [-0.2, -0.15) is 0 Å². The van der Waals surface area contributed by atoms with E-state index in [1.807, 2.05) is 6.92 Å². The molecule has 1 heterocycles. The molecular formula is C13H16N4O4. The van der Waals surface area contributed by atoms with Crippen LogP contribution in [0, 0.1) is 10.1 Å². The molecule has 0 amide bonds. The summed E-state index contributed by atoms with van der Waals surface area (Å²) < 4.78 is 0. The molecule has 8 heteroatoms. The number of nitro benzene ring substituents is 1. The molecule has 0 spiro atoms. The normalized spacial score (nSPS) is 12.3. The minimum Gasteiger partial charge on any atom is -0.396 e. The smallest absolute Gasteiger partial charge is 0.293 e. The van der Waals surface area contributed by atoms with Crippen molar-refractivity contribution in [1.29, 1.82) is 0 Å². The zero-order valence-electron chi connectivity index (χ0n) is 11.5. The van der Waals surface area contributed by atoms with E-state index in [0.717, 1.165) is 0 Å². The van der Waals surface area contributed by atoms with E-state index in [1.54, 1.807) is 0 Å². The second kappa shape index (κ2) is 6.31. The summed E-state index contributed by atoms with van der Waals surface area (Å²) in [7, 11) is 0. The molecule has 1 atom stereocenters. The molecule has 0 saturated heterocycles. The van der Waals surface area contributed by atoms with E-state index in [9.17, 15) is 14.9 Å². The maximum absolute atomic E-state index is 11.7. The van der Waals surface area contributed by atoms with Gasteiger partial charge in [-0.05, 0) is 25.8 Å². The third-order valence-electron chi connectivity index (χ3n) is 3.15. The van der Waals surface area contributed by atoms with Crippen molar-refractivity contribution < 1.29 is 10.0 Å². The lowest BCUT2D eigenvalue weighted by atomic mass is 10.1. The minimum absolute atomic E-state index is 0.0460. The number of hydrogen-bond donors (Lipinski definition) is 3. The SMILES string of the molecule is CC(CCCO)Nc1cc2nc[nH]c(=O)c2cc1[N+](=O)[O-]. The second-order valence-electron chi connectivity index (χ2n) is 4.79. The van der Waals surface area contributed by atoms with Crippen molar-refractivity contribution in [2.24, 2.45) is 0 Å². The van der Waals surface area contributed by atoms with Gasteiger partial charge in [0.15, 0.2) is 0 Å². The number of rotatable bonds is 6. The summed E-state index contributed by atoms with van der Waals surface area (Å²) in [5, 5.41) is 23.2. The van der Waals surface area contributed by atoms with Crippen LogP contribution in [0.15, 0.2) is 23.3 Å². The van der Waals surface area contributed by atoms with Crippen molar-refractivity contribution in [1.82, 2.24) is 9.97 Å². The molecule has 0 aliphatic rings. The highest BCUT2D eigenvalue weighted by atomic mass is 16.6. The van der Waals surface area contributed by atoms with Gasteiger partial charge in [0, 0.05) is 18.7 Å². The highest BCUT2D eigenvalue weighted by molar-refractivity contribution is 5.86. The maximum atomic E-state index is 11.7. The van der Waals surface area contributed by atoms with E-state index in [2.05, 4.69) is 15.3 Å². The lowest BCUT2D eigenvalue weighted by Gasteiger charge is -2.15. The number of fused-ring (bicyclic) bond motifs is 1. The van der Waals surface area contributed by atoms with Gasteiger partial charge in [0.25, 0.3) is 11.2 Å². The Kier molecular flexibility index (Phi) is 4.49. The number of nitrogens with zero attached hydrogens (tertiary/aromatic N) is 2. The summed E-state index contributed by atoms with van der Waals surface area (Å²) in [5.74, 6) is 0. The lowest BCUT2D eigenvalue weighted by Crippen LogP contribution is -2.17. The summed E-state index contributed by atoms with van der Waals surface area (Å²) >= 11 is 0. The van der Waals surface area contributed by atoms with Gasteiger partial charge in [0.2, 0.25) is 0 Å². The summed E-state index contributed by atoms with van der Waals surface area (Å²) in [6.07, 6.45) is 2.54. The van der Waals surface area contributed by atoms with Gasteiger partial charge in [0.05, 0.1) is 22.2 Å². The molecule has 1 aromatic carbocycles. The lowest BCUT2D eigenvalue weighted by molar-refractivity contribution is -0.383. The quantitative estimate of drug-likeness (QED) is 0.546. The Labute approximate surface area is 120 Å². The Balaban J connectivity index is 2.44. The number of H-pyrrole nitrogens is 1. The maximum Gasteiger partial charge on any atom is 0.293 e. The Morgan fingerprint density at radius 1 is 1.52 bits per heavy atom. The van der Waals surface area contributed by atoms with Gasteiger partial charge >= 0.3 is 0 Å². The van der Waals surface area contributed by atoms with Crippen molar-refractivity contribution in [3.8, 4) is 0 Å². The van der Waals surface area contributed by atoms with E-state index in [4.69, 9.17) is 5.11 Å². The number of nitro groups is 1. The molecule has 0 aliphatic carbocycles. The van der Waals surface area contributed by atoms with Crippen LogP contribution in [-0.4, -0.2) is 32.6 Å². The van der Waals surface area contributed by atoms with Crippen LogP contribution >= 0.6 is 0 Å². The van der Waals surface area contributed by atoms with Crippen molar-refractivity contribution >= 4 is 22.3 Å². The first kappa shape index (κ1) is 14.9. The molecule has 1 aromatic heterocycles. The molecule has 0 bridgehead atoms. The van der Waals surface area contributed by atoms with Crippen molar-refractivity contribution in [3.05, 3.63) is 38.9 Å². The molecule has 21 heavy (non-hydrogen) atoms. The Morgan fingerprint density at radius 2 is 2.29 bits per heavy atom. The fourth-order valence-corrected chi connectivity index (χ4v) is 2.11. The monoisotopic (exact) mass is 292 g/mol. The van der Waals surface area contributed by atoms with Crippen LogP contribution in [0.1, 0.15) is 19.8 Å². The summed E-state index contributed by atoms with van der Waals surface area (Å²) in [6, 6.07) is 2.68. The van der Waals surface area contributed by atoms with Gasteiger partial charge in [0.1, 0.15) is 5.69 Å². The first-order valence-corrected chi connectivity index (χ1v) is 6.56. The largest absolute Gasteiger partial charge is 0.396 e. The molecular weight excluding hydrogens is 276 g/mol. The standard InChI is InChI=1S/C13H16N4O4/c1-8(3-2-4-18)16-11-6-10-9(5-12(11)17(20)21)13(19)15-7-14-10/h5-8,16,18H,2-4H2,1H3,(H,14,15,19). The predicted octanol–water partition coefficient (Wildman–Crippen LogP) is 1.40. The van der Waals surface area contributed by atoms with Crippen LogP contribution in [0.3, 0.4) is 0 Å². The highest BCUT2D eigenvalue weighted by Gasteiger charge is 2.18. The number of nitrogens with one attached hydrogen (secondary N) is 2. The molecule has 2 aromatic rings. The first-order chi connectivity index (χ1) is 10.0. The summed E-state index contributed by atoms with van der Waals surface area (Å²) in [4.78, 5) is 28.7. The van der Waals surface area contributed by atoms with Gasteiger partial charge < -0.3 is 15.4 Å². The van der Waals surface area contributed by atoms with Gasteiger partial charge in [-0.1, -0.05) is 0 Å². The number of benzene rings is 1. The third-order valence-corrected chi connectivity index (χ3v) is 3.15. The first-order valence-electron chi connectivity index (χ1n) is 6.56. The number of hydrogen-bond acceptors (Lipinski definition) is 6. The topological polar surface area (TPSA) is 121 Å². The van der Waals surface area contributed by atoms with Crippen LogP contribution in [-0.2, 0) is 0 Å². The second-order valence-corrected chi connectivity index (χ2v) is 4.79. The Hall–Kier alpha value is -2.48. The van der Waals surface area contributed by atoms with Crippen LogP contribution < -0.4 is 10.9 Å². The van der Waals surface area contributed by atoms with Crippen LogP contribution in [0.4, 0.5) is 11.4 Å². The fraction of sp³-hybridized carbons (Fsp3) is 0.385. The molecule has 0 fully saturated rings. The fourth-order valence-electron chi connectivity index (χ4n) is 2.11. The molecule has 0 saturated carbocycles. The third kappa shape index (κ3) is 3.34. The predicted molar refractivity (Wildman–Crippen MR) is 78.4 cm³/mol. The van der Waals surface area contributed by atoms with E-state index >= 15 is 0 Å². The number of aliphatic hydroxyl groups is 1. The van der Waals surface area contributed by atoms with Crippen molar-refractivity contribution in [3.63, 3.8) is 0 Å². The van der Waals surface area contributed by atoms with E-state index in [0.29, 0.717) is 24.0 Å². The van der Waals surface area contributed by atoms with Crippen molar-refractivity contribution in [2.75, 3.05) is 11.9 Å². The summed E-state index contributed by atoms with van der Waals surface area (Å²) in [6.45, 7) is 1.94. The van der Waals surface area contributed by atoms with Gasteiger partial charge in [-0.3, -0.25) is 14.9 Å². The molecule has 1 unspecified atom stereocenters. The number of aromatic nitrogens is 2. The number of anilines is 1. The van der Waals surface area contributed by atoms with Crippen molar-refractivity contribution in [2.45, 2.75) is 25.8 Å². The zero-order chi connectivity index (χ0) is 15.4.